The summed E-state index contributed by atoms with van der Waals surface area (Å²) >= 11 is 4.35. The Balaban J connectivity index is 1.63. The summed E-state index contributed by atoms with van der Waals surface area (Å²) in [4.78, 5) is 1.07. The molecule has 0 radical (unpaired) electrons. The highest BCUT2D eigenvalue weighted by atomic mass is 32.1. The van der Waals surface area contributed by atoms with E-state index in [1.54, 1.807) is 0 Å². The predicted octanol–water partition coefficient (Wildman–Crippen LogP) is 6.29. The van der Waals surface area contributed by atoms with Crippen LogP contribution >= 0.6 is 12.6 Å². The van der Waals surface area contributed by atoms with Crippen molar-refractivity contribution in [1.29, 1.82) is 0 Å². The Morgan fingerprint density at radius 3 is 2.10 bits per heavy atom. The van der Waals surface area contributed by atoms with Gasteiger partial charge in [-0.25, -0.2) is 0 Å². The average molecular weight is 291 g/mol. The maximum absolute atomic E-state index is 4.35. The number of thiol groups is 1. The number of rotatable bonds is 7. The van der Waals surface area contributed by atoms with Gasteiger partial charge >= 0.3 is 0 Å². The van der Waals surface area contributed by atoms with Gasteiger partial charge in [0, 0.05) is 4.90 Å². The van der Waals surface area contributed by atoms with Gasteiger partial charge in [-0.2, -0.15) is 0 Å². The molecule has 1 aliphatic rings. The molecular formula is C19H30S. The van der Waals surface area contributed by atoms with Gasteiger partial charge < -0.3 is 0 Å². The molecule has 0 aliphatic heterocycles. The fourth-order valence-corrected chi connectivity index (χ4v) is 3.67. The molecule has 0 amide bonds. The minimum absolute atomic E-state index is 0.980. The molecule has 0 heterocycles. The Kier molecular flexibility index (Phi) is 6.99. The van der Waals surface area contributed by atoms with Crippen LogP contribution in [0, 0.1) is 11.8 Å². The van der Waals surface area contributed by atoms with Crippen LogP contribution in [0.5, 0.6) is 0 Å². The lowest BCUT2D eigenvalue weighted by atomic mass is 9.78. The molecule has 20 heavy (non-hydrogen) atoms. The summed E-state index contributed by atoms with van der Waals surface area (Å²) in [5.41, 5.74) is 1.48. The van der Waals surface area contributed by atoms with Crippen molar-refractivity contribution in [1.82, 2.24) is 0 Å². The van der Waals surface area contributed by atoms with Gasteiger partial charge in [0.05, 0.1) is 0 Å². The standard InChI is InChI=1S/C19H30S/c1-2-3-4-5-16-6-8-17(9-7-16)10-11-18-12-14-19(20)15-13-18/h12-17,20H,2-11H2,1H3. The Hall–Kier alpha value is -0.430. The Morgan fingerprint density at radius 2 is 1.50 bits per heavy atom. The summed E-state index contributed by atoms with van der Waals surface area (Å²) in [6, 6.07) is 8.70. The lowest BCUT2D eigenvalue weighted by molar-refractivity contribution is 0.249. The van der Waals surface area contributed by atoms with Crippen LogP contribution in [0.1, 0.15) is 70.3 Å². The van der Waals surface area contributed by atoms with Gasteiger partial charge in [0.25, 0.3) is 0 Å². The second kappa shape index (κ2) is 8.77. The van der Waals surface area contributed by atoms with Gasteiger partial charge in [-0.15, -0.1) is 12.6 Å². The molecule has 0 N–H and O–H groups in total. The van der Waals surface area contributed by atoms with E-state index in [1.165, 1.54) is 69.8 Å². The number of aryl methyl sites for hydroxylation is 1. The third kappa shape index (κ3) is 5.52. The van der Waals surface area contributed by atoms with Gasteiger partial charge in [-0.3, -0.25) is 0 Å². The maximum atomic E-state index is 4.35. The van der Waals surface area contributed by atoms with Gasteiger partial charge in [-0.05, 0) is 42.4 Å². The number of unbranched alkanes of at least 4 members (excludes halogenated alkanes) is 2. The van der Waals surface area contributed by atoms with Crippen LogP contribution in [-0.4, -0.2) is 0 Å². The van der Waals surface area contributed by atoms with Crippen LogP contribution in [-0.2, 0) is 6.42 Å². The van der Waals surface area contributed by atoms with Crippen molar-refractivity contribution in [3.63, 3.8) is 0 Å². The highest BCUT2D eigenvalue weighted by molar-refractivity contribution is 7.80. The van der Waals surface area contributed by atoms with E-state index in [-0.39, 0.29) is 0 Å². The second-order valence-corrected chi connectivity index (χ2v) is 7.10. The second-order valence-electron chi connectivity index (χ2n) is 6.59. The molecule has 0 aromatic heterocycles. The molecule has 1 fully saturated rings. The fraction of sp³-hybridized carbons (Fsp3) is 0.684. The lowest BCUT2D eigenvalue weighted by Crippen LogP contribution is -2.15. The van der Waals surface area contributed by atoms with Gasteiger partial charge in [0.15, 0.2) is 0 Å². The van der Waals surface area contributed by atoms with E-state index in [9.17, 15) is 0 Å². The van der Waals surface area contributed by atoms with Crippen LogP contribution in [0.2, 0.25) is 0 Å². The zero-order chi connectivity index (χ0) is 14.2. The minimum Gasteiger partial charge on any atom is -0.143 e. The average Bonchev–Trinajstić information content (AvgIpc) is 2.48. The van der Waals surface area contributed by atoms with Gasteiger partial charge in [-0.1, -0.05) is 70.4 Å². The third-order valence-electron chi connectivity index (χ3n) is 4.96. The molecule has 0 atom stereocenters. The van der Waals surface area contributed by atoms with Crippen molar-refractivity contribution in [2.45, 2.75) is 76.0 Å². The lowest BCUT2D eigenvalue weighted by Gasteiger charge is -2.28. The topological polar surface area (TPSA) is 0 Å². The van der Waals surface area contributed by atoms with Crippen molar-refractivity contribution in [3.8, 4) is 0 Å². The van der Waals surface area contributed by atoms with Crippen molar-refractivity contribution in [3.05, 3.63) is 29.8 Å². The summed E-state index contributed by atoms with van der Waals surface area (Å²) in [5.74, 6) is 2.02. The molecule has 0 nitrogen and oxygen atoms in total. The quantitative estimate of drug-likeness (QED) is 0.442. The third-order valence-corrected chi connectivity index (χ3v) is 5.26. The largest absolute Gasteiger partial charge is 0.143 e. The van der Waals surface area contributed by atoms with Crippen molar-refractivity contribution >= 4 is 12.6 Å². The van der Waals surface area contributed by atoms with E-state index < -0.39 is 0 Å². The van der Waals surface area contributed by atoms with E-state index in [4.69, 9.17) is 0 Å². The summed E-state index contributed by atoms with van der Waals surface area (Å²) in [5, 5.41) is 0. The molecule has 0 spiro atoms. The van der Waals surface area contributed by atoms with Crippen LogP contribution in [0.15, 0.2) is 29.2 Å². The summed E-state index contributed by atoms with van der Waals surface area (Å²) in [7, 11) is 0. The molecule has 1 aliphatic carbocycles. The van der Waals surface area contributed by atoms with Crippen LogP contribution in [0.4, 0.5) is 0 Å². The van der Waals surface area contributed by atoms with E-state index in [1.807, 2.05) is 0 Å². The number of hydrogen-bond donors (Lipinski definition) is 1. The normalized spacial score (nSPS) is 22.9. The SMILES string of the molecule is CCCCCC1CCC(CCc2ccc(S)cc2)CC1. The van der Waals surface area contributed by atoms with Crippen LogP contribution in [0.3, 0.4) is 0 Å². The molecule has 0 unspecified atom stereocenters. The van der Waals surface area contributed by atoms with E-state index in [0.717, 1.165) is 16.7 Å². The molecule has 2 rings (SSSR count). The molecule has 1 aromatic carbocycles. The minimum atomic E-state index is 0.980. The van der Waals surface area contributed by atoms with Crippen molar-refractivity contribution in [2.75, 3.05) is 0 Å². The summed E-state index contributed by atoms with van der Waals surface area (Å²) in [6.45, 7) is 2.30. The first-order chi connectivity index (χ1) is 9.78. The first-order valence-corrected chi connectivity index (χ1v) is 9.00. The first kappa shape index (κ1) is 15.9. The smallest absolute Gasteiger partial charge is 0.00401 e. The van der Waals surface area contributed by atoms with Crippen LogP contribution < -0.4 is 0 Å². The van der Waals surface area contributed by atoms with Gasteiger partial charge in [0.2, 0.25) is 0 Å². The van der Waals surface area contributed by atoms with Crippen molar-refractivity contribution < 1.29 is 0 Å². The number of hydrogen-bond acceptors (Lipinski definition) is 1. The van der Waals surface area contributed by atoms with Crippen LogP contribution in [0.25, 0.3) is 0 Å². The molecule has 112 valence electrons. The van der Waals surface area contributed by atoms with Gasteiger partial charge in [0.1, 0.15) is 0 Å². The zero-order valence-corrected chi connectivity index (χ0v) is 13.9. The summed E-state index contributed by atoms with van der Waals surface area (Å²) < 4.78 is 0. The van der Waals surface area contributed by atoms with Crippen molar-refractivity contribution in [2.24, 2.45) is 11.8 Å². The summed E-state index contributed by atoms with van der Waals surface area (Å²) in [6.07, 6.45) is 14.3. The molecule has 0 saturated heterocycles. The predicted molar refractivity (Wildman–Crippen MR) is 91.6 cm³/mol. The highest BCUT2D eigenvalue weighted by Gasteiger charge is 2.20. The first-order valence-electron chi connectivity index (χ1n) is 8.56. The highest BCUT2D eigenvalue weighted by Crippen LogP contribution is 2.34. The molecule has 1 saturated carbocycles. The number of benzene rings is 1. The maximum Gasteiger partial charge on any atom is 0.00401 e. The van der Waals surface area contributed by atoms with E-state index >= 15 is 0 Å². The van der Waals surface area contributed by atoms with E-state index in [0.29, 0.717) is 0 Å². The Morgan fingerprint density at radius 1 is 0.900 bits per heavy atom. The Bertz CT molecular complexity index is 360. The molecule has 1 heteroatoms. The fourth-order valence-electron chi connectivity index (χ4n) is 3.53. The Labute approximate surface area is 130 Å². The zero-order valence-electron chi connectivity index (χ0n) is 13.0. The molecule has 0 bridgehead atoms. The molecule has 1 aromatic rings. The monoisotopic (exact) mass is 290 g/mol. The molecular weight excluding hydrogens is 260 g/mol. The van der Waals surface area contributed by atoms with E-state index in [2.05, 4.69) is 43.8 Å².